The first-order chi connectivity index (χ1) is 14.7. The van der Waals surface area contributed by atoms with Crippen LogP contribution in [-0.2, 0) is 27.4 Å². The lowest BCUT2D eigenvalue weighted by atomic mass is 10.0. The predicted octanol–water partition coefficient (Wildman–Crippen LogP) is 2.96. The molecule has 3 amide bonds. The van der Waals surface area contributed by atoms with Gasteiger partial charge in [-0.25, -0.2) is 4.79 Å². The van der Waals surface area contributed by atoms with Crippen molar-refractivity contribution in [3.63, 3.8) is 0 Å². The topological polar surface area (TPSA) is 153 Å². The second-order valence-electron chi connectivity index (χ2n) is 7.24. The van der Waals surface area contributed by atoms with Crippen molar-refractivity contribution in [3.05, 3.63) is 76.2 Å². The lowest BCUT2D eigenvalue weighted by Crippen LogP contribution is -2.58. The van der Waals surface area contributed by atoms with Crippen LogP contribution in [0.3, 0.4) is 0 Å². The van der Waals surface area contributed by atoms with Crippen molar-refractivity contribution in [2.45, 2.75) is 38.5 Å². The number of amides is 3. The summed E-state index contributed by atoms with van der Waals surface area (Å²) in [7, 11) is 0. The summed E-state index contributed by atoms with van der Waals surface area (Å²) in [5, 5.41) is 17.4. The van der Waals surface area contributed by atoms with E-state index in [4.69, 9.17) is 10.3 Å². The molecule has 0 saturated carbocycles. The Bertz CT molecular complexity index is 969. The zero-order valence-corrected chi connectivity index (χ0v) is 17.1. The van der Waals surface area contributed by atoms with Gasteiger partial charge in [-0.2, -0.15) is 0 Å². The van der Waals surface area contributed by atoms with Gasteiger partial charge in [-0.1, -0.05) is 42.5 Å². The number of ether oxygens (including phenoxy) is 1. The first kappa shape index (κ1) is 23.2. The van der Waals surface area contributed by atoms with Crippen LogP contribution in [0.1, 0.15) is 25.0 Å². The number of phenols is 1. The fourth-order valence-electron chi connectivity index (χ4n) is 2.59. The third kappa shape index (κ3) is 7.37. The number of hydrogen-bond donors (Lipinski definition) is 3. The van der Waals surface area contributed by atoms with Crippen LogP contribution in [0.2, 0.25) is 0 Å². The maximum Gasteiger partial charge on any atom is 0.408 e. The molecule has 0 aliphatic rings. The van der Waals surface area contributed by atoms with Crippen LogP contribution in [0.25, 0.3) is 10.4 Å². The molecule has 0 aliphatic heterocycles. The summed E-state index contributed by atoms with van der Waals surface area (Å²) in [5.74, 6) is -1.51. The van der Waals surface area contributed by atoms with E-state index in [9.17, 15) is 19.5 Å². The average molecular weight is 425 g/mol. The van der Waals surface area contributed by atoms with E-state index in [1.54, 1.807) is 24.3 Å². The Morgan fingerprint density at radius 3 is 2.35 bits per heavy atom. The van der Waals surface area contributed by atoms with Gasteiger partial charge < -0.3 is 20.5 Å². The van der Waals surface area contributed by atoms with E-state index < -0.39 is 29.5 Å². The zero-order chi connectivity index (χ0) is 22.9. The Hall–Kier alpha value is -4.04. The van der Waals surface area contributed by atoms with Crippen molar-refractivity contribution in [2.75, 3.05) is 0 Å². The second kappa shape index (κ2) is 10.7. The quantitative estimate of drug-likeness (QED) is 0.337. The van der Waals surface area contributed by atoms with Gasteiger partial charge in [-0.15, -0.1) is 0 Å². The SMILES string of the molecule is CC(C)(NC(=O)OCc1ccccc1)C(=O)N[C@@H](Cc1ccc(O)cc1)C(=O)N=[N+]=[N-]. The molecule has 2 rings (SSSR count). The van der Waals surface area contributed by atoms with E-state index in [1.807, 2.05) is 18.2 Å². The summed E-state index contributed by atoms with van der Waals surface area (Å²) in [4.78, 5) is 39.5. The average Bonchev–Trinajstić information content (AvgIpc) is 2.74. The minimum Gasteiger partial charge on any atom is -0.508 e. The van der Waals surface area contributed by atoms with Crippen molar-refractivity contribution < 1.29 is 24.2 Å². The first-order valence-corrected chi connectivity index (χ1v) is 9.38. The number of nitrogens with zero attached hydrogens (tertiary/aromatic N) is 3. The van der Waals surface area contributed by atoms with Crippen LogP contribution >= 0.6 is 0 Å². The zero-order valence-electron chi connectivity index (χ0n) is 17.1. The number of aromatic hydroxyl groups is 1. The van der Waals surface area contributed by atoms with Gasteiger partial charge >= 0.3 is 6.09 Å². The van der Waals surface area contributed by atoms with Crippen LogP contribution < -0.4 is 10.6 Å². The molecule has 0 radical (unpaired) electrons. The van der Waals surface area contributed by atoms with Crippen LogP contribution in [0, 0.1) is 0 Å². The van der Waals surface area contributed by atoms with E-state index >= 15 is 0 Å². The normalized spacial score (nSPS) is 11.5. The molecule has 2 aromatic carbocycles. The van der Waals surface area contributed by atoms with Crippen molar-refractivity contribution in [1.82, 2.24) is 10.6 Å². The molecule has 0 bridgehead atoms. The fourth-order valence-corrected chi connectivity index (χ4v) is 2.59. The number of carbonyl (C=O) groups excluding carboxylic acids is 3. The standard InChI is InChI=1S/C21H23N5O5/c1-21(2,24-20(30)31-13-15-6-4-3-5-7-15)19(29)23-17(18(28)25-26-22)12-14-8-10-16(27)11-9-14/h3-11,17,27H,12-13H2,1-2H3,(H,23,29)(H,24,30)/t17-/m0/s1. The molecule has 3 N–H and O–H groups in total. The number of alkyl carbamates (subject to hydrolysis) is 1. The summed E-state index contributed by atoms with van der Waals surface area (Å²) >= 11 is 0. The largest absolute Gasteiger partial charge is 0.508 e. The van der Waals surface area contributed by atoms with Crippen molar-refractivity contribution in [3.8, 4) is 5.75 Å². The van der Waals surface area contributed by atoms with Gasteiger partial charge in [-0.05, 0) is 54.2 Å². The number of phenolic OH excluding ortho intramolecular Hbond substituents is 1. The van der Waals surface area contributed by atoms with Gasteiger partial charge in [-0.3, -0.25) is 9.59 Å². The molecule has 10 nitrogen and oxygen atoms in total. The summed E-state index contributed by atoms with van der Waals surface area (Å²) < 4.78 is 5.12. The van der Waals surface area contributed by atoms with Crippen molar-refractivity contribution in [1.29, 1.82) is 0 Å². The third-order valence-corrected chi connectivity index (χ3v) is 4.32. The predicted molar refractivity (Wildman–Crippen MR) is 112 cm³/mol. The molecule has 2 aromatic rings. The smallest absolute Gasteiger partial charge is 0.408 e. The second-order valence-corrected chi connectivity index (χ2v) is 7.24. The Morgan fingerprint density at radius 1 is 1.10 bits per heavy atom. The van der Waals surface area contributed by atoms with Crippen molar-refractivity contribution >= 4 is 17.9 Å². The van der Waals surface area contributed by atoms with Gasteiger partial charge in [0, 0.05) is 4.91 Å². The van der Waals surface area contributed by atoms with E-state index in [0.717, 1.165) is 5.56 Å². The molecule has 0 fully saturated rings. The Morgan fingerprint density at radius 2 is 1.74 bits per heavy atom. The van der Waals surface area contributed by atoms with E-state index in [-0.39, 0.29) is 18.8 Å². The highest BCUT2D eigenvalue weighted by Crippen LogP contribution is 2.13. The third-order valence-electron chi connectivity index (χ3n) is 4.32. The maximum atomic E-state index is 12.7. The Balaban J connectivity index is 2.02. The number of nitrogens with one attached hydrogen (secondary N) is 2. The summed E-state index contributed by atoms with van der Waals surface area (Å²) in [6.07, 6.45) is -0.779. The number of rotatable bonds is 8. The molecule has 0 aliphatic carbocycles. The lowest BCUT2D eigenvalue weighted by molar-refractivity contribution is -0.130. The summed E-state index contributed by atoms with van der Waals surface area (Å²) in [6.45, 7) is 2.92. The molecule has 162 valence electrons. The first-order valence-electron chi connectivity index (χ1n) is 9.38. The molecule has 0 saturated heterocycles. The molecule has 0 heterocycles. The highest BCUT2D eigenvalue weighted by Gasteiger charge is 2.33. The molecular formula is C21H23N5O5. The molecular weight excluding hydrogens is 402 g/mol. The number of hydrogen-bond acceptors (Lipinski definition) is 5. The van der Waals surface area contributed by atoms with Crippen LogP contribution in [0.4, 0.5) is 4.79 Å². The molecule has 0 aromatic heterocycles. The summed E-state index contributed by atoms with van der Waals surface area (Å²) in [6, 6.07) is 13.9. The van der Waals surface area contributed by atoms with Gasteiger partial charge in [0.1, 0.15) is 17.9 Å². The molecule has 10 heteroatoms. The lowest BCUT2D eigenvalue weighted by Gasteiger charge is -2.27. The maximum absolute atomic E-state index is 12.7. The van der Waals surface area contributed by atoms with Gasteiger partial charge in [0.15, 0.2) is 0 Å². The Kier molecular flexibility index (Phi) is 7.99. The van der Waals surface area contributed by atoms with Gasteiger partial charge in [0.2, 0.25) is 11.8 Å². The highest BCUT2D eigenvalue weighted by molar-refractivity contribution is 5.93. The Labute approximate surface area is 178 Å². The van der Waals surface area contributed by atoms with Gasteiger partial charge in [0.25, 0.3) is 0 Å². The minimum atomic E-state index is -1.42. The molecule has 0 spiro atoms. The van der Waals surface area contributed by atoms with Crippen LogP contribution in [-0.4, -0.2) is 34.6 Å². The number of carbonyl (C=O) groups is 3. The van der Waals surface area contributed by atoms with Crippen LogP contribution in [0.15, 0.2) is 59.7 Å². The van der Waals surface area contributed by atoms with E-state index in [0.29, 0.717) is 5.56 Å². The highest BCUT2D eigenvalue weighted by atomic mass is 16.5. The monoisotopic (exact) mass is 425 g/mol. The minimum absolute atomic E-state index is 0.0262. The number of benzene rings is 2. The van der Waals surface area contributed by atoms with Crippen LogP contribution in [0.5, 0.6) is 5.75 Å². The number of azide groups is 1. The van der Waals surface area contributed by atoms with E-state index in [2.05, 4.69) is 20.7 Å². The van der Waals surface area contributed by atoms with E-state index in [1.165, 1.54) is 26.0 Å². The molecule has 31 heavy (non-hydrogen) atoms. The molecule has 0 unspecified atom stereocenters. The van der Waals surface area contributed by atoms with Gasteiger partial charge in [0.05, 0.1) is 6.04 Å². The van der Waals surface area contributed by atoms with Crippen molar-refractivity contribution in [2.24, 2.45) is 5.11 Å². The fraction of sp³-hybridized carbons (Fsp3) is 0.286. The summed E-state index contributed by atoms with van der Waals surface area (Å²) in [5.41, 5.74) is 8.56. The molecule has 1 atom stereocenters.